The molecule has 2 aliphatic heterocycles. The van der Waals surface area contributed by atoms with Crippen LogP contribution in [0.4, 0.5) is 16.0 Å². The van der Waals surface area contributed by atoms with Gasteiger partial charge in [0.1, 0.15) is 17.3 Å². The fraction of sp³-hybridized carbons (Fsp3) is 0.524. The van der Waals surface area contributed by atoms with Crippen LogP contribution in [-0.4, -0.2) is 53.7 Å². The van der Waals surface area contributed by atoms with E-state index in [0.29, 0.717) is 18.3 Å². The summed E-state index contributed by atoms with van der Waals surface area (Å²) in [5.74, 6) is 0.399. The quantitative estimate of drug-likeness (QED) is 0.624. The average Bonchev–Trinajstić information content (AvgIpc) is 2.81. The number of rotatable bonds is 6. The van der Waals surface area contributed by atoms with E-state index in [1.807, 2.05) is 0 Å². The lowest BCUT2D eigenvalue weighted by molar-refractivity contribution is -0.120. The van der Waals surface area contributed by atoms with Crippen molar-refractivity contribution >= 4 is 29.1 Å². The van der Waals surface area contributed by atoms with Crippen LogP contribution in [-0.2, 0) is 9.53 Å². The minimum Gasteiger partial charge on any atom is -0.381 e. The molecule has 3 N–H and O–H groups in total. The van der Waals surface area contributed by atoms with Crippen LogP contribution in [0.5, 0.6) is 0 Å². The first-order valence-corrected chi connectivity index (χ1v) is 11.0. The second-order valence-electron chi connectivity index (χ2n) is 7.91. The SMILES string of the molecule is O=C(Nc1cc(-c2nc(NCC3CCOCC3)cnc2Cl)c(F)cn1)[C@@H]1CCCNC1. The molecule has 0 aromatic carbocycles. The zero-order valence-electron chi connectivity index (χ0n) is 17.2. The number of nitrogens with zero attached hydrogens (tertiary/aromatic N) is 3. The number of hydrogen-bond acceptors (Lipinski definition) is 7. The van der Waals surface area contributed by atoms with Gasteiger partial charge in [0.25, 0.3) is 0 Å². The Labute approximate surface area is 185 Å². The van der Waals surface area contributed by atoms with Gasteiger partial charge in [0.05, 0.1) is 18.3 Å². The van der Waals surface area contributed by atoms with Gasteiger partial charge in [-0.2, -0.15) is 0 Å². The highest BCUT2D eigenvalue weighted by atomic mass is 35.5. The molecule has 2 aliphatic rings. The number of anilines is 2. The fourth-order valence-electron chi connectivity index (χ4n) is 3.82. The third kappa shape index (κ3) is 5.66. The molecule has 10 heteroatoms. The van der Waals surface area contributed by atoms with Crippen molar-refractivity contribution in [2.45, 2.75) is 25.7 Å². The topological polar surface area (TPSA) is 101 Å². The largest absolute Gasteiger partial charge is 0.381 e. The number of halogens is 2. The van der Waals surface area contributed by atoms with E-state index in [1.165, 1.54) is 12.3 Å². The molecule has 2 aromatic rings. The molecule has 0 unspecified atom stereocenters. The summed E-state index contributed by atoms with van der Waals surface area (Å²) >= 11 is 6.23. The van der Waals surface area contributed by atoms with Gasteiger partial charge in [-0.1, -0.05) is 11.6 Å². The lowest BCUT2D eigenvalue weighted by Crippen LogP contribution is -2.37. The summed E-state index contributed by atoms with van der Waals surface area (Å²) in [5, 5.41) is 9.32. The maximum atomic E-state index is 14.6. The lowest BCUT2D eigenvalue weighted by atomic mass is 9.99. The Balaban J connectivity index is 1.49. The molecule has 2 aromatic heterocycles. The number of ether oxygens (including phenoxy) is 1. The van der Waals surface area contributed by atoms with Gasteiger partial charge in [0.15, 0.2) is 11.0 Å². The first kappa shape index (κ1) is 21.9. The molecule has 0 saturated carbocycles. The lowest BCUT2D eigenvalue weighted by Gasteiger charge is -2.22. The monoisotopic (exact) mass is 448 g/mol. The van der Waals surface area contributed by atoms with Crippen molar-refractivity contribution in [1.82, 2.24) is 20.3 Å². The van der Waals surface area contributed by atoms with Crippen LogP contribution >= 0.6 is 11.6 Å². The second kappa shape index (κ2) is 10.3. The molecule has 4 heterocycles. The van der Waals surface area contributed by atoms with Crippen molar-refractivity contribution in [3.8, 4) is 11.3 Å². The number of hydrogen-bond donors (Lipinski definition) is 3. The predicted octanol–water partition coefficient (Wildman–Crippen LogP) is 3.11. The molecule has 2 fully saturated rings. The van der Waals surface area contributed by atoms with Crippen molar-refractivity contribution in [2.75, 3.05) is 43.5 Å². The maximum Gasteiger partial charge on any atom is 0.229 e. The van der Waals surface area contributed by atoms with Gasteiger partial charge >= 0.3 is 0 Å². The van der Waals surface area contributed by atoms with Gasteiger partial charge in [0.2, 0.25) is 5.91 Å². The Kier molecular flexibility index (Phi) is 7.26. The first-order chi connectivity index (χ1) is 15.1. The van der Waals surface area contributed by atoms with E-state index in [0.717, 1.165) is 58.2 Å². The fourth-order valence-corrected chi connectivity index (χ4v) is 4.02. The van der Waals surface area contributed by atoms with E-state index in [9.17, 15) is 9.18 Å². The molecule has 8 nitrogen and oxygen atoms in total. The molecule has 1 atom stereocenters. The highest BCUT2D eigenvalue weighted by Crippen LogP contribution is 2.29. The van der Waals surface area contributed by atoms with Crippen molar-refractivity contribution in [3.63, 3.8) is 0 Å². The van der Waals surface area contributed by atoms with Gasteiger partial charge in [-0.25, -0.2) is 19.3 Å². The maximum absolute atomic E-state index is 14.6. The Bertz CT molecular complexity index is 919. The summed E-state index contributed by atoms with van der Waals surface area (Å²) < 4.78 is 20.0. The van der Waals surface area contributed by atoms with Crippen molar-refractivity contribution in [1.29, 1.82) is 0 Å². The number of nitrogens with one attached hydrogen (secondary N) is 3. The zero-order chi connectivity index (χ0) is 21.6. The Hall–Kier alpha value is -2.36. The van der Waals surface area contributed by atoms with Gasteiger partial charge in [-0.05, 0) is 44.2 Å². The summed E-state index contributed by atoms with van der Waals surface area (Å²) in [6.07, 6.45) is 6.32. The number of aromatic nitrogens is 3. The first-order valence-electron chi connectivity index (χ1n) is 10.6. The molecular weight excluding hydrogens is 423 g/mol. The van der Waals surface area contributed by atoms with Gasteiger partial charge in [-0.3, -0.25) is 4.79 Å². The molecule has 0 bridgehead atoms. The predicted molar refractivity (Wildman–Crippen MR) is 116 cm³/mol. The van der Waals surface area contributed by atoms with Gasteiger partial charge in [-0.15, -0.1) is 0 Å². The smallest absolute Gasteiger partial charge is 0.229 e. The minimum atomic E-state index is -0.588. The molecule has 166 valence electrons. The molecular formula is C21H26ClFN6O2. The number of carbonyl (C=O) groups excluding carboxylic acids is 1. The molecule has 0 spiro atoms. The van der Waals surface area contributed by atoms with Crippen LogP contribution in [0.15, 0.2) is 18.5 Å². The minimum absolute atomic E-state index is 0.0791. The van der Waals surface area contributed by atoms with Crippen molar-refractivity contribution in [3.05, 3.63) is 29.4 Å². The van der Waals surface area contributed by atoms with E-state index in [1.54, 1.807) is 0 Å². The van der Waals surface area contributed by atoms with Gasteiger partial charge in [0, 0.05) is 31.9 Å². The summed E-state index contributed by atoms with van der Waals surface area (Å²) in [4.78, 5) is 25.1. The number of piperidine rings is 1. The van der Waals surface area contributed by atoms with E-state index >= 15 is 0 Å². The van der Waals surface area contributed by atoms with Crippen LogP contribution in [0.3, 0.4) is 0 Å². The van der Waals surface area contributed by atoms with Gasteiger partial charge < -0.3 is 20.7 Å². The van der Waals surface area contributed by atoms with Crippen LogP contribution in [0.2, 0.25) is 5.15 Å². The van der Waals surface area contributed by atoms with E-state index in [2.05, 4.69) is 30.9 Å². The normalized spacial score (nSPS) is 19.7. The van der Waals surface area contributed by atoms with Crippen LogP contribution in [0.25, 0.3) is 11.3 Å². The highest BCUT2D eigenvalue weighted by Gasteiger charge is 2.22. The van der Waals surface area contributed by atoms with Crippen LogP contribution in [0, 0.1) is 17.7 Å². The summed E-state index contributed by atoms with van der Waals surface area (Å²) in [6, 6.07) is 1.45. The Morgan fingerprint density at radius 3 is 2.84 bits per heavy atom. The summed E-state index contributed by atoms with van der Waals surface area (Å²) in [6.45, 7) is 3.79. The number of amides is 1. The third-order valence-corrected chi connectivity index (χ3v) is 5.95. The molecule has 31 heavy (non-hydrogen) atoms. The number of carbonyl (C=O) groups is 1. The molecule has 4 rings (SSSR count). The number of pyridine rings is 1. The molecule has 2 saturated heterocycles. The van der Waals surface area contributed by atoms with E-state index in [4.69, 9.17) is 16.3 Å². The van der Waals surface area contributed by atoms with Crippen LogP contribution < -0.4 is 16.0 Å². The summed E-state index contributed by atoms with van der Waals surface area (Å²) in [5.41, 5.74) is 0.340. The Morgan fingerprint density at radius 2 is 2.06 bits per heavy atom. The molecule has 1 amide bonds. The standard InChI is InChI=1S/C21H26ClFN6O2/c22-20-19(28-18(12-27-20)25-9-13-3-6-31-7-4-13)15-8-17(26-11-16(15)23)29-21(30)14-2-1-5-24-10-14/h8,11-14,24H,1-7,9-10H2,(H,25,28)(H,26,29,30)/t14-/m1/s1. The van der Waals surface area contributed by atoms with E-state index in [-0.39, 0.29) is 34.1 Å². The van der Waals surface area contributed by atoms with Crippen molar-refractivity contribution in [2.24, 2.45) is 11.8 Å². The zero-order valence-corrected chi connectivity index (χ0v) is 17.9. The average molecular weight is 449 g/mol. The van der Waals surface area contributed by atoms with Crippen molar-refractivity contribution < 1.29 is 13.9 Å². The summed E-state index contributed by atoms with van der Waals surface area (Å²) in [7, 11) is 0. The Morgan fingerprint density at radius 1 is 1.23 bits per heavy atom. The van der Waals surface area contributed by atoms with Crippen LogP contribution in [0.1, 0.15) is 25.7 Å². The second-order valence-corrected chi connectivity index (χ2v) is 8.27. The molecule has 0 aliphatic carbocycles. The highest BCUT2D eigenvalue weighted by molar-refractivity contribution is 6.31. The van der Waals surface area contributed by atoms with E-state index < -0.39 is 5.82 Å². The third-order valence-electron chi connectivity index (χ3n) is 5.67. The molecule has 0 radical (unpaired) electrons.